The Morgan fingerprint density at radius 2 is 2.26 bits per heavy atom. The predicted octanol–water partition coefficient (Wildman–Crippen LogP) is 5.21. The van der Waals surface area contributed by atoms with Crippen LogP contribution in [0.4, 0.5) is 0 Å². The highest BCUT2D eigenvalue weighted by Crippen LogP contribution is 2.39. The van der Waals surface area contributed by atoms with Crippen LogP contribution in [0.3, 0.4) is 0 Å². The number of rotatable bonds is 4. The molecule has 1 aromatic carbocycles. The Kier molecular flexibility index (Phi) is 5.12. The van der Waals surface area contributed by atoms with Crippen molar-refractivity contribution in [3.63, 3.8) is 0 Å². The minimum Gasteiger partial charge on any atom is -0.461 e. The summed E-state index contributed by atoms with van der Waals surface area (Å²) < 4.78 is 12.8. The van der Waals surface area contributed by atoms with Crippen molar-refractivity contribution >= 4 is 40.1 Å². The fourth-order valence-electron chi connectivity index (χ4n) is 3.42. The molecule has 1 atom stereocenters. The summed E-state index contributed by atoms with van der Waals surface area (Å²) in [5.74, 6) is -0.447. The first kappa shape index (κ1) is 18.3. The van der Waals surface area contributed by atoms with E-state index in [4.69, 9.17) is 32.7 Å². The molecule has 0 saturated carbocycles. The molecule has 1 N–H and O–H groups in total. The molecule has 1 aliphatic heterocycles. The number of hydrogen-bond donors (Lipinski definition) is 1. The van der Waals surface area contributed by atoms with Gasteiger partial charge in [-0.2, -0.15) is 5.10 Å². The molecule has 27 heavy (non-hydrogen) atoms. The van der Waals surface area contributed by atoms with E-state index in [2.05, 4.69) is 10.1 Å². The number of nitrogens with one attached hydrogen (secondary N) is 1. The Bertz CT molecular complexity index is 990. The van der Waals surface area contributed by atoms with E-state index in [0.29, 0.717) is 26.8 Å². The second-order valence-corrected chi connectivity index (χ2v) is 7.19. The average Bonchev–Trinajstić information content (AvgIpc) is 3.30. The number of benzene rings is 1. The lowest BCUT2D eigenvalue weighted by Gasteiger charge is -2.22. The Hall–Kier alpha value is -2.02. The van der Waals surface area contributed by atoms with Gasteiger partial charge < -0.3 is 14.5 Å². The Labute approximate surface area is 166 Å². The van der Waals surface area contributed by atoms with Crippen molar-refractivity contribution in [1.82, 2.24) is 14.8 Å². The van der Waals surface area contributed by atoms with Gasteiger partial charge in [0.25, 0.3) is 0 Å². The molecule has 3 heterocycles. The molecular formula is C19H19Cl2N3O3. The van der Waals surface area contributed by atoms with Gasteiger partial charge in [0.1, 0.15) is 11.9 Å². The number of nitrogens with zero attached hydrogens (tertiary/aromatic N) is 2. The van der Waals surface area contributed by atoms with Crippen molar-refractivity contribution in [2.24, 2.45) is 0 Å². The van der Waals surface area contributed by atoms with E-state index in [-0.39, 0.29) is 12.8 Å². The molecular weight excluding hydrogens is 389 g/mol. The van der Waals surface area contributed by atoms with Gasteiger partial charge >= 0.3 is 5.97 Å². The number of esters is 1. The highest BCUT2D eigenvalue weighted by Gasteiger charge is 2.24. The van der Waals surface area contributed by atoms with E-state index in [1.165, 1.54) is 0 Å². The van der Waals surface area contributed by atoms with Gasteiger partial charge in [-0.15, -0.1) is 0 Å². The Balaban J connectivity index is 1.84. The van der Waals surface area contributed by atoms with Crippen LogP contribution in [0.25, 0.3) is 22.0 Å². The first-order chi connectivity index (χ1) is 13.1. The van der Waals surface area contributed by atoms with Crippen LogP contribution in [-0.2, 0) is 9.47 Å². The number of carbonyl (C=O) groups excluding carboxylic acids is 1. The Morgan fingerprint density at radius 3 is 3.00 bits per heavy atom. The summed E-state index contributed by atoms with van der Waals surface area (Å²) >= 11 is 12.5. The molecule has 3 aromatic rings. The number of hydrogen-bond acceptors (Lipinski definition) is 4. The third kappa shape index (κ3) is 3.33. The topological polar surface area (TPSA) is 69.1 Å². The van der Waals surface area contributed by atoms with Gasteiger partial charge in [0.2, 0.25) is 0 Å². The zero-order chi connectivity index (χ0) is 19.0. The van der Waals surface area contributed by atoms with E-state index in [0.717, 1.165) is 36.8 Å². The fourth-order valence-corrected chi connectivity index (χ4v) is 3.79. The van der Waals surface area contributed by atoms with Gasteiger partial charge in [-0.1, -0.05) is 29.3 Å². The van der Waals surface area contributed by atoms with Crippen molar-refractivity contribution in [1.29, 1.82) is 0 Å². The maximum Gasteiger partial charge on any atom is 0.355 e. The second-order valence-electron chi connectivity index (χ2n) is 6.41. The quantitative estimate of drug-likeness (QED) is 0.602. The minimum absolute atomic E-state index is 0.0817. The number of aromatic amines is 1. The molecule has 8 heteroatoms. The normalized spacial score (nSPS) is 17.4. The van der Waals surface area contributed by atoms with E-state index >= 15 is 0 Å². The largest absolute Gasteiger partial charge is 0.461 e. The molecule has 6 nitrogen and oxygen atoms in total. The van der Waals surface area contributed by atoms with Gasteiger partial charge in [-0.3, -0.25) is 0 Å². The van der Waals surface area contributed by atoms with Crippen molar-refractivity contribution in [2.75, 3.05) is 13.2 Å². The van der Waals surface area contributed by atoms with E-state index in [1.807, 2.05) is 12.3 Å². The molecule has 2 aromatic heterocycles. The van der Waals surface area contributed by atoms with E-state index < -0.39 is 5.97 Å². The van der Waals surface area contributed by atoms with Crippen LogP contribution in [0.1, 0.15) is 42.9 Å². The lowest BCUT2D eigenvalue weighted by atomic mass is 10.1. The van der Waals surface area contributed by atoms with Gasteiger partial charge in [-0.05, 0) is 32.3 Å². The first-order valence-electron chi connectivity index (χ1n) is 8.93. The zero-order valence-electron chi connectivity index (χ0n) is 14.8. The van der Waals surface area contributed by atoms with Crippen LogP contribution in [0.5, 0.6) is 0 Å². The van der Waals surface area contributed by atoms with Crippen LogP contribution in [0, 0.1) is 0 Å². The van der Waals surface area contributed by atoms with Gasteiger partial charge in [0, 0.05) is 29.3 Å². The van der Waals surface area contributed by atoms with Crippen molar-refractivity contribution < 1.29 is 14.3 Å². The molecule has 1 aliphatic rings. The molecule has 0 aliphatic carbocycles. The highest BCUT2D eigenvalue weighted by atomic mass is 35.5. The first-order valence-corrected chi connectivity index (χ1v) is 9.68. The van der Waals surface area contributed by atoms with Gasteiger partial charge in [0.05, 0.1) is 28.4 Å². The lowest BCUT2D eigenvalue weighted by molar-refractivity contribution is -0.0394. The van der Waals surface area contributed by atoms with E-state index in [1.54, 1.807) is 23.9 Å². The highest BCUT2D eigenvalue weighted by molar-refractivity contribution is 6.45. The molecule has 0 unspecified atom stereocenters. The predicted molar refractivity (Wildman–Crippen MR) is 104 cm³/mol. The third-order valence-electron chi connectivity index (χ3n) is 4.68. The number of H-pyrrole nitrogens is 1. The molecule has 142 valence electrons. The zero-order valence-corrected chi connectivity index (χ0v) is 16.3. The summed E-state index contributed by atoms with van der Waals surface area (Å²) in [4.78, 5) is 15.6. The number of aromatic nitrogens is 3. The maximum atomic E-state index is 12.5. The van der Waals surface area contributed by atoms with Crippen LogP contribution < -0.4 is 0 Å². The van der Waals surface area contributed by atoms with Gasteiger partial charge in [-0.25, -0.2) is 9.48 Å². The van der Waals surface area contributed by atoms with Crippen molar-refractivity contribution in [3.05, 3.63) is 40.3 Å². The molecule has 0 amide bonds. The summed E-state index contributed by atoms with van der Waals surface area (Å²) in [6.45, 7) is 2.77. The smallest absolute Gasteiger partial charge is 0.355 e. The Morgan fingerprint density at radius 1 is 1.41 bits per heavy atom. The van der Waals surface area contributed by atoms with Crippen LogP contribution in [0.2, 0.25) is 10.0 Å². The summed E-state index contributed by atoms with van der Waals surface area (Å²) in [6, 6.07) is 3.56. The number of carbonyl (C=O) groups is 1. The number of ether oxygens (including phenoxy) is 2. The summed E-state index contributed by atoms with van der Waals surface area (Å²) in [6.07, 6.45) is 6.63. The molecule has 0 bridgehead atoms. The standard InChI is InChI=1S/C19H19Cl2N3O3/c1-2-26-19(25)18-15(12-6-7-13(20)16(21)17(12)23-18)11-9-22-24(10-11)14-5-3-4-8-27-14/h6-7,9-10,14,23H,2-5,8H2,1H3/t14-/m1/s1. The average molecular weight is 408 g/mol. The molecule has 0 radical (unpaired) electrons. The van der Waals surface area contributed by atoms with Crippen LogP contribution in [0.15, 0.2) is 24.5 Å². The minimum atomic E-state index is -0.447. The second kappa shape index (κ2) is 7.54. The van der Waals surface area contributed by atoms with Crippen molar-refractivity contribution in [3.8, 4) is 11.1 Å². The van der Waals surface area contributed by atoms with Crippen LogP contribution in [-0.4, -0.2) is 33.9 Å². The molecule has 4 rings (SSSR count). The fraction of sp³-hybridized carbons (Fsp3) is 0.368. The number of fused-ring (bicyclic) bond motifs is 1. The SMILES string of the molecule is CCOC(=O)c1[nH]c2c(Cl)c(Cl)ccc2c1-c1cnn([C@H]2CCCCO2)c1. The maximum absolute atomic E-state index is 12.5. The number of halogens is 2. The lowest BCUT2D eigenvalue weighted by Crippen LogP contribution is -2.18. The molecule has 1 fully saturated rings. The van der Waals surface area contributed by atoms with E-state index in [9.17, 15) is 4.79 Å². The van der Waals surface area contributed by atoms with Crippen LogP contribution >= 0.6 is 23.2 Å². The molecule has 0 spiro atoms. The molecule has 1 saturated heterocycles. The third-order valence-corrected chi connectivity index (χ3v) is 5.49. The summed E-state index contributed by atoms with van der Waals surface area (Å²) in [7, 11) is 0. The summed E-state index contributed by atoms with van der Waals surface area (Å²) in [5, 5.41) is 6.03. The van der Waals surface area contributed by atoms with Crippen molar-refractivity contribution in [2.45, 2.75) is 32.4 Å². The monoisotopic (exact) mass is 407 g/mol. The van der Waals surface area contributed by atoms with Gasteiger partial charge in [0.15, 0.2) is 0 Å². The summed E-state index contributed by atoms with van der Waals surface area (Å²) in [5.41, 5.74) is 2.42.